The molecule has 1 N–H and O–H groups in total. The average molecular weight is 236 g/mol. The van der Waals surface area contributed by atoms with Gasteiger partial charge in [-0.3, -0.25) is 9.69 Å². The van der Waals surface area contributed by atoms with E-state index >= 15 is 0 Å². The lowest BCUT2D eigenvalue weighted by Crippen LogP contribution is -2.54. The molecule has 2 saturated heterocycles. The van der Waals surface area contributed by atoms with Crippen molar-refractivity contribution in [1.29, 1.82) is 5.26 Å². The third-order valence-electron chi connectivity index (χ3n) is 3.55. The lowest BCUT2D eigenvalue weighted by molar-refractivity contribution is -0.133. The molecule has 2 fully saturated rings. The fraction of sp³-hybridized carbons (Fsp3) is 0.833. The van der Waals surface area contributed by atoms with Gasteiger partial charge in [0.15, 0.2) is 0 Å². The standard InChI is InChI=1S/C12H20N4O/c13-8-11-9-14-4-7-16(11)10-12(17)15-5-2-1-3-6-15/h11,14H,1-7,9-10H2. The molecule has 0 aromatic heterocycles. The molecule has 0 bridgehead atoms. The van der Waals surface area contributed by atoms with Crippen molar-refractivity contribution in [2.24, 2.45) is 0 Å². The quantitative estimate of drug-likeness (QED) is 0.721. The third kappa shape index (κ3) is 3.18. The molecular weight excluding hydrogens is 216 g/mol. The van der Waals surface area contributed by atoms with Gasteiger partial charge in [-0.15, -0.1) is 0 Å². The fourth-order valence-corrected chi connectivity index (χ4v) is 2.48. The maximum Gasteiger partial charge on any atom is 0.236 e. The van der Waals surface area contributed by atoms with Gasteiger partial charge >= 0.3 is 0 Å². The van der Waals surface area contributed by atoms with Crippen molar-refractivity contribution in [3.05, 3.63) is 0 Å². The van der Waals surface area contributed by atoms with Gasteiger partial charge in [-0.05, 0) is 19.3 Å². The highest BCUT2D eigenvalue weighted by atomic mass is 16.2. The summed E-state index contributed by atoms with van der Waals surface area (Å²) in [5.74, 6) is 0.187. The number of carbonyl (C=O) groups is 1. The molecule has 2 aliphatic rings. The number of nitrogens with one attached hydrogen (secondary N) is 1. The summed E-state index contributed by atoms with van der Waals surface area (Å²) >= 11 is 0. The van der Waals surface area contributed by atoms with Gasteiger partial charge in [-0.1, -0.05) is 0 Å². The number of piperazine rings is 1. The summed E-state index contributed by atoms with van der Waals surface area (Å²) in [5.41, 5.74) is 0. The Hall–Kier alpha value is -1.12. The van der Waals surface area contributed by atoms with Crippen LogP contribution in [0.5, 0.6) is 0 Å². The number of hydrogen-bond donors (Lipinski definition) is 1. The molecule has 94 valence electrons. The normalized spacial score (nSPS) is 26.5. The van der Waals surface area contributed by atoms with Crippen molar-refractivity contribution in [1.82, 2.24) is 15.1 Å². The van der Waals surface area contributed by atoms with Crippen molar-refractivity contribution in [3.8, 4) is 6.07 Å². The summed E-state index contributed by atoms with van der Waals surface area (Å²) in [7, 11) is 0. The molecule has 0 aliphatic carbocycles. The Morgan fingerprint density at radius 2 is 2.06 bits per heavy atom. The molecule has 5 nitrogen and oxygen atoms in total. The van der Waals surface area contributed by atoms with Crippen LogP contribution in [0.3, 0.4) is 0 Å². The van der Waals surface area contributed by atoms with Crippen molar-refractivity contribution >= 4 is 5.91 Å². The smallest absolute Gasteiger partial charge is 0.236 e. The van der Waals surface area contributed by atoms with Crippen LogP contribution in [0.2, 0.25) is 0 Å². The maximum atomic E-state index is 12.1. The SMILES string of the molecule is N#CC1CNCCN1CC(=O)N1CCCCC1. The molecule has 0 saturated carbocycles. The number of carbonyl (C=O) groups excluding carboxylic acids is 1. The number of hydrogen-bond acceptors (Lipinski definition) is 4. The molecule has 0 radical (unpaired) electrons. The minimum Gasteiger partial charge on any atom is -0.342 e. The summed E-state index contributed by atoms with van der Waals surface area (Å²) in [5, 5.41) is 12.2. The summed E-state index contributed by atoms with van der Waals surface area (Å²) in [6, 6.07) is 2.10. The van der Waals surface area contributed by atoms with E-state index in [0.717, 1.165) is 39.0 Å². The van der Waals surface area contributed by atoms with Crippen LogP contribution in [-0.2, 0) is 4.79 Å². The average Bonchev–Trinajstić information content (AvgIpc) is 2.40. The predicted octanol–water partition coefficient (Wildman–Crippen LogP) is -0.204. The molecule has 0 spiro atoms. The number of likely N-dealkylation sites (tertiary alicyclic amines) is 1. The molecule has 0 aromatic carbocycles. The predicted molar refractivity (Wildman–Crippen MR) is 64.3 cm³/mol. The van der Waals surface area contributed by atoms with Crippen LogP contribution >= 0.6 is 0 Å². The van der Waals surface area contributed by atoms with E-state index in [9.17, 15) is 4.79 Å². The van der Waals surface area contributed by atoms with E-state index in [1.54, 1.807) is 0 Å². The first-order chi connectivity index (χ1) is 8.31. The van der Waals surface area contributed by atoms with Gasteiger partial charge in [0.1, 0.15) is 6.04 Å². The van der Waals surface area contributed by atoms with E-state index in [4.69, 9.17) is 5.26 Å². The van der Waals surface area contributed by atoms with Gasteiger partial charge in [-0.25, -0.2) is 0 Å². The molecule has 1 unspecified atom stereocenters. The molecule has 2 heterocycles. The van der Waals surface area contributed by atoms with Gasteiger partial charge in [0, 0.05) is 32.7 Å². The first kappa shape index (κ1) is 12.3. The van der Waals surface area contributed by atoms with E-state index in [-0.39, 0.29) is 11.9 Å². The van der Waals surface area contributed by atoms with E-state index in [2.05, 4.69) is 11.4 Å². The van der Waals surface area contributed by atoms with Gasteiger partial charge in [0.25, 0.3) is 0 Å². The Bertz CT molecular complexity index is 306. The zero-order chi connectivity index (χ0) is 12.1. The van der Waals surface area contributed by atoms with E-state index in [0.29, 0.717) is 13.1 Å². The Labute approximate surface area is 102 Å². The number of amides is 1. The largest absolute Gasteiger partial charge is 0.342 e. The first-order valence-electron chi connectivity index (χ1n) is 6.43. The minimum atomic E-state index is -0.155. The summed E-state index contributed by atoms with van der Waals surface area (Å²) in [6.07, 6.45) is 3.47. The molecule has 5 heteroatoms. The number of nitriles is 1. The molecule has 1 atom stereocenters. The Morgan fingerprint density at radius 3 is 2.76 bits per heavy atom. The second kappa shape index (κ2) is 5.99. The first-order valence-corrected chi connectivity index (χ1v) is 6.43. The summed E-state index contributed by atoms with van der Waals surface area (Å²) < 4.78 is 0. The fourth-order valence-electron chi connectivity index (χ4n) is 2.48. The van der Waals surface area contributed by atoms with Crippen LogP contribution in [-0.4, -0.2) is 61.0 Å². The lowest BCUT2D eigenvalue weighted by Gasteiger charge is -2.34. The van der Waals surface area contributed by atoms with Gasteiger partial charge in [-0.2, -0.15) is 5.26 Å². The van der Waals surface area contributed by atoms with Gasteiger partial charge < -0.3 is 10.2 Å². The molecule has 1 amide bonds. The van der Waals surface area contributed by atoms with Crippen molar-refractivity contribution in [3.63, 3.8) is 0 Å². The lowest BCUT2D eigenvalue weighted by atomic mass is 10.1. The van der Waals surface area contributed by atoms with Gasteiger partial charge in [0.05, 0.1) is 12.6 Å². The highest BCUT2D eigenvalue weighted by Gasteiger charge is 2.26. The second-order valence-electron chi connectivity index (χ2n) is 4.76. The monoisotopic (exact) mass is 236 g/mol. The van der Waals surface area contributed by atoms with E-state index < -0.39 is 0 Å². The van der Waals surface area contributed by atoms with E-state index in [1.165, 1.54) is 6.42 Å². The van der Waals surface area contributed by atoms with E-state index in [1.807, 2.05) is 9.80 Å². The molecule has 2 rings (SSSR count). The number of rotatable bonds is 2. The van der Waals surface area contributed by atoms with Crippen LogP contribution in [0.1, 0.15) is 19.3 Å². The van der Waals surface area contributed by atoms with Crippen LogP contribution in [0, 0.1) is 11.3 Å². The summed E-state index contributed by atoms with van der Waals surface area (Å²) in [4.78, 5) is 16.0. The Kier molecular flexibility index (Phi) is 4.35. The molecular formula is C12H20N4O. The summed E-state index contributed by atoms with van der Waals surface area (Å²) in [6.45, 7) is 4.51. The zero-order valence-corrected chi connectivity index (χ0v) is 10.2. The highest BCUT2D eigenvalue weighted by molar-refractivity contribution is 5.78. The van der Waals surface area contributed by atoms with Crippen molar-refractivity contribution in [2.45, 2.75) is 25.3 Å². The van der Waals surface area contributed by atoms with Crippen LogP contribution in [0.25, 0.3) is 0 Å². The maximum absolute atomic E-state index is 12.1. The minimum absolute atomic E-state index is 0.155. The van der Waals surface area contributed by atoms with Crippen LogP contribution in [0.15, 0.2) is 0 Å². The Morgan fingerprint density at radius 1 is 1.29 bits per heavy atom. The highest BCUT2D eigenvalue weighted by Crippen LogP contribution is 2.10. The number of piperidine rings is 1. The second-order valence-corrected chi connectivity index (χ2v) is 4.76. The van der Waals surface area contributed by atoms with Gasteiger partial charge in [0.2, 0.25) is 5.91 Å². The van der Waals surface area contributed by atoms with Crippen molar-refractivity contribution < 1.29 is 4.79 Å². The molecule has 17 heavy (non-hydrogen) atoms. The molecule has 0 aromatic rings. The Balaban J connectivity index is 1.86. The van der Waals surface area contributed by atoms with Crippen molar-refractivity contribution in [2.75, 3.05) is 39.3 Å². The molecule has 2 aliphatic heterocycles. The van der Waals surface area contributed by atoms with Crippen LogP contribution in [0.4, 0.5) is 0 Å². The third-order valence-corrected chi connectivity index (χ3v) is 3.55. The topological polar surface area (TPSA) is 59.4 Å². The number of nitrogens with zero attached hydrogens (tertiary/aromatic N) is 3. The van der Waals surface area contributed by atoms with Crippen LogP contribution < -0.4 is 5.32 Å². The zero-order valence-electron chi connectivity index (χ0n) is 10.2.